The molecular formula is C25H27N9O. The van der Waals surface area contributed by atoms with Crippen LogP contribution in [0.3, 0.4) is 0 Å². The van der Waals surface area contributed by atoms with Gasteiger partial charge in [0, 0.05) is 46.6 Å². The molecule has 2 bridgehead atoms. The van der Waals surface area contributed by atoms with Crippen LogP contribution in [0, 0.1) is 6.92 Å². The fraction of sp³-hybridized carbons (Fsp3) is 0.440. The van der Waals surface area contributed by atoms with E-state index >= 15 is 0 Å². The molecule has 1 amide bonds. The highest BCUT2D eigenvalue weighted by atomic mass is 16.2. The van der Waals surface area contributed by atoms with Gasteiger partial charge in [-0.25, -0.2) is 9.97 Å². The second kappa shape index (κ2) is 7.59. The van der Waals surface area contributed by atoms with Crippen molar-refractivity contribution >= 4 is 17.4 Å². The van der Waals surface area contributed by atoms with E-state index in [0.29, 0.717) is 17.6 Å². The second-order valence-corrected chi connectivity index (χ2v) is 10.2. The zero-order chi connectivity index (χ0) is 23.7. The van der Waals surface area contributed by atoms with Crippen LogP contribution >= 0.6 is 0 Å². The van der Waals surface area contributed by atoms with Gasteiger partial charge in [0.05, 0.1) is 11.9 Å². The standard InChI is InChI=1S/C25H27N9O/c1-13-2-3-15(10-27-13)19-11-30-34-22(26)20(14-4-5-14)21(31-24(19)34)16-8-17-6-7-18(9-16)33(17)25(35)23-28-12-29-32-23/h2-3,10-12,14,16-18H,4-9,26H2,1H3,(H,28,29,32). The number of hydrogen-bond donors (Lipinski definition) is 2. The molecule has 7 rings (SSSR count). The van der Waals surface area contributed by atoms with Crippen LogP contribution < -0.4 is 5.73 Å². The van der Waals surface area contributed by atoms with E-state index in [1.165, 1.54) is 6.33 Å². The van der Waals surface area contributed by atoms with Gasteiger partial charge in [-0.15, -0.1) is 0 Å². The van der Waals surface area contributed by atoms with Crippen molar-refractivity contribution in [2.45, 2.75) is 69.4 Å². The molecule has 4 aromatic rings. The van der Waals surface area contributed by atoms with Gasteiger partial charge in [0.1, 0.15) is 12.1 Å². The second-order valence-electron chi connectivity index (χ2n) is 10.2. The Morgan fingerprint density at radius 1 is 1.06 bits per heavy atom. The molecule has 3 N–H and O–H groups in total. The molecule has 10 nitrogen and oxygen atoms in total. The zero-order valence-electron chi connectivity index (χ0n) is 19.6. The topological polar surface area (TPSA) is 131 Å². The highest BCUT2D eigenvalue weighted by Gasteiger charge is 2.46. The Morgan fingerprint density at radius 2 is 1.86 bits per heavy atom. The Kier molecular flexibility index (Phi) is 4.46. The molecule has 2 aliphatic heterocycles. The predicted octanol–water partition coefficient (Wildman–Crippen LogP) is 3.23. The summed E-state index contributed by atoms with van der Waals surface area (Å²) >= 11 is 0. The van der Waals surface area contributed by atoms with Crippen molar-refractivity contribution < 1.29 is 4.79 Å². The number of carbonyl (C=O) groups is 1. The lowest BCUT2D eigenvalue weighted by Gasteiger charge is -2.39. The number of aromatic amines is 1. The molecule has 1 saturated carbocycles. The number of aromatic nitrogens is 7. The number of pyridine rings is 1. The molecule has 2 atom stereocenters. The van der Waals surface area contributed by atoms with Crippen LogP contribution in [0.15, 0.2) is 30.9 Å². The number of nitrogens with zero attached hydrogens (tertiary/aromatic N) is 7. The Morgan fingerprint density at radius 3 is 2.51 bits per heavy atom. The van der Waals surface area contributed by atoms with Crippen LogP contribution in [0.5, 0.6) is 0 Å². The van der Waals surface area contributed by atoms with Crippen LogP contribution in [0.4, 0.5) is 5.82 Å². The number of rotatable bonds is 4. The maximum Gasteiger partial charge on any atom is 0.291 e. The van der Waals surface area contributed by atoms with Crippen molar-refractivity contribution in [2.24, 2.45) is 0 Å². The lowest BCUT2D eigenvalue weighted by atomic mass is 9.85. The number of hydrogen-bond acceptors (Lipinski definition) is 7. The SMILES string of the molecule is Cc1ccc(-c2cnn3c(N)c(C4CC4)c(C4CC5CCC(C4)N5C(=O)c4ncn[nH]4)nc23)cn1. The van der Waals surface area contributed by atoms with Crippen LogP contribution in [0.2, 0.25) is 0 Å². The van der Waals surface area contributed by atoms with Crippen LogP contribution in [-0.4, -0.2) is 57.7 Å². The third kappa shape index (κ3) is 3.23. The summed E-state index contributed by atoms with van der Waals surface area (Å²) in [6, 6.07) is 4.40. The highest BCUT2D eigenvalue weighted by molar-refractivity contribution is 5.91. The first-order chi connectivity index (χ1) is 17.1. The number of aryl methyl sites for hydroxylation is 1. The molecule has 0 spiro atoms. The Bertz CT molecular complexity index is 1410. The quantitative estimate of drug-likeness (QED) is 0.469. The summed E-state index contributed by atoms with van der Waals surface area (Å²) in [7, 11) is 0. The zero-order valence-corrected chi connectivity index (χ0v) is 19.6. The van der Waals surface area contributed by atoms with Crippen LogP contribution in [-0.2, 0) is 0 Å². The first-order valence-corrected chi connectivity index (χ1v) is 12.4. The fourth-order valence-electron chi connectivity index (χ4n) is 6.14. The number of H-pyrrole nitrogens is 1. The van der Waals surface area contributed by atoms with Gasteiger partial charge in [-0.05, 0) is 57.4 Å². The van der Waals surface area contributed by atoms with E-state index < -0.39 is 0 Å². The summed E-state index contributed by atoms with van der Waals surface area (Å²) in [5.74, 6) is 1.67. The number of piperidine rings is 1. The van der Waals surface area contributed by atoms with E-state index in [-0.39, 0.29) is 23.9 Å². The molecule has 10 heteroatoms. The molecule has 3 aliphatic rings. The number of fused-ring (bicyclic) bond motifs is 3. The summed E-state index contributed by atoms with van der Waals surface area (Å²) in [5, 5.41) is 11.2. The van der Waals surface area contributed by atoms with Crippen molar-refractivity contribution in [1.29, 1.82) is 0 Å². The minimum atomic E-state index is -0.0521. The average molecular weight is 470 g/mol. The van der Waals surface area contributed by atoms with Crippen LogP contribution in [0.25, 0.3) is 16.8 Å². The molecule has 1 aliphatic carbocycles. The Balaban J connectivity index is 1.29. The lowest BCUT2D eigenvalue weighted by Crippen LogP contribution is -2.46. The van der Waals surface area contributed by atoms with Gasteiger partial charge in [0.2, 0.25) is 5.82 Å². The van der Waals surface area contributed by atoms with Gasteiger partial charge >= 0.3 is 0 Å². The molecule has 0 aromatic carbocycles. The maximum atomic E-state index is 13.1. The molecular weight excluding hydrogens is 442 g/mol. The van der Waals surface area contributed by atoms with Gasteiger partial charge in [0.25, 0.3) is 5.91 Å². The summed E-state index contributed by atoms with van der Waals surface area (Å²) in [4.78, 5) is 28.9. The van der Waals surface area contributed by atoms with Gasteiger partial charge in [-0.2, -0.15) is 14.7 Å². The van der Waals surface area contributed by atoms with Gasteiger partial charge in [-0.1, -0.05) is 6.07 Å². The van der Waals surface area contributed by atoms with E-state index in [1.807, 2.05) is 30.3 Å². The smallest absolute Gasteiger partial charge is 0.291 e. The number of nitrogen functional groups attached to an aromatic ring is 1. The van der Waals surface area contributed by atoms with Crippen molar-refractivity contribution in [3.63, 3.8) is 0 Å². The first kappa shape index (κ1) is 20.5. The normalized spacial score (nSPS) is 23.8. The molecule has 178 valence electrons. The van der Waals surface area contributed by atoms with Gasteiger partial charge in [-0.3, -0.25) is 14.9 Å². The van der Waals surface area contributed by atoms with Gasteiger partial charge < -0.3 is 10.6 Å². The third-order valence-corrected chi connectivity index (χ3v) is 7.93. The summed E-state index contributed by atoms with van der Waals surface area (Å²) in [6.45, 7) is 1.98. The number of carbonyl (C=O) groups excluding carboxylic acids is 1. The number of nitrogens with one attached hydrogen (secondary N) is 1. The summed E-state index contributed by atoms with van der Waals surface area (Å²) < 4.78 is 1.80. The monoisotopic (exact) mass is 469 g/mol. The van der Waals surface area contributed by atoms with Crippen LogP contribution in [0.1, 0.15) is 77.9 Å². The maximum absolute atomic E-state index is 13.1. The molecule has 0 radical (unpaired) electrons. The molecule has 2 saturated heterocycles. The molecule has 4 aromatic heterocycles. The van der Waals surface area contributed by atoms with Crippen molar-refractivity contribution in [2.75, 3.05) is 5.73 Å². The summed E-state index contributed by atoms with van der Waals surface area (Å²) in [6.07, 6.45) is 11.1. The van der Waals surface area contributed by atoms with E-state index in [2.05, 4.69) is 31.3 Å². The Labute approximate surface area is 202 Å². The van der Waals surface area contributed by atoms with E-state index in [4.69, 9.17) is 10.7 Å². The van der Waals surface area contributed by atoms with Crippen molar-refractivity contribution in [1.82, 2.24) is 39.7 Å². The minimum Gasteiger partial charge on any atom is -0.383 e. The third-order valence-electron chi connectivity index (χ3n) is 7.93. The minimum absolute atomic E-state index is 0.0521. The predicted molar refractivity (Wildman–Crippen MR) is 129 cm³/mol. The molecule has 3 fully saturated rings. The average Bonchev–Trinajstić information content (AvgIpc) is 3.25. The number of amides is 1. The molecule has 35 heavy (non-hydrogen) atoms. The van der Waals surface area contributed by atoms with E-state index in [0.717, 1.165) is 72.3 Å². The number of anilines is 1. The van der Waals surface area contributed by atoms with E-state index in [9.17, 15) is 4.79 Å². The summed E-state index contributed by atoms with van der Waals surface area (Å²) in [5.41, 5.74) is 12.7. The first-order valence-electron chi connectivity index (χ1n) is 12.4. The molecule has 2 unspecified atom stereocenters. The lowest BCUT2D eigenvalue weighted by molar-refractivity contribution is 0.0557. The van der Waals surface area contributed by atoms with Crippen molar-refractivity contribution in [3.05, 3.63) is 53.6 Å². The largest absolute Gasteiger partial charge is 0.383 e. The Hall–Kier alpha value is -3.82. The van der Waals surface area contributed by atoms with Gasteiger partial charge in [0.15, 0.2) is 5.65 Å². The highest BCUT2D eigenvalue weighted by Crippen LogP contribution is 2.50. The molecule has 6 heterocycles. The van der Waals surface area contributed by atoms with Crippen molar-refractivity contribution in [3.8, 4) is 11.1 Å². The van der Waals surface area contributed by atoms with E-state index in [1.54, 1.807) is 4.52 Å². The fourth-order valence-corrected chi connectivity index (χ4v) is 6.14. The number of nitrogens with two attached hydrogens (primary N) is 1.